The van der Waals surface area contributed by atoms with Crippen molar-refractivity contribution in [1.82, 2.24) is 14.5 Å². The first kappa shape index (κ1) is 14.6. The van der Waals surface area contributed by atoms with Gasteiger partial charge in [-0.25, -0.2) is 13.8 Å². The highest BCUT2D eigenvalue weighted by atomic mass is 19.2. The standard InChI is InChI=1S/C15H15F2N3O2/c1-19-7-13(18-8-19)15(22)20-6-10(21)5-14(20)9-2-3-11(16)12(17)4-9/h2-4,7-8,10,14,21H,5-6H2,1H3. The second kappa shape index (κ2) is 5.49. The second-order valence-electron chi connectivity index (χ2n) is 5.46. The third-order valence-electron chi connectivity index (χ3n) is 3.79. The van der Waals surface area contributed by atoms with Crippen molar-refractivity contribution in [2.45, 2.75) is 18.6 Å². The number of imidazole rings is 1. The molecule has 2 unspecified atom stereocenters. The van der Waals surface area contributed by atoms with Crippen LogP contribution in [0.25, 0.3) is 0 Å². The van der Waals surface area contributed by atoms with Gasteiger partial charge in [-0.2, -0.15) is 0 Å². The Bertz CT molecular complexity index is 717. The summed E-state index contributed by atoms with van der Waals surface area (Å²) in [5.41, 5.74) is 0.712. The van der Waals surface area contributed by atoms with Crippen LogP contribution in [0, 0.1) is 11.6 Å². The average molecular weight is 307 g/mol. The van der Waals surface area contributed by atoms with Gasteiger partial charge in [-0.1, -0.05) is 6.07 Å². The summed E-state index contributed by atoms with van der Waals surface area (Å²) in [6.45, 7) is 0.138. The molecule has 22 heavy (non-hydrogen) atoms. The number of nitrogens with zero attached hydrogens (tertiary/aromatic N) is 3. The molecule has 0 radical (unpaired) electrons. The van der Waals surface area contributed by atoms with Crippen LogP contribution in [0.5, 0.6) is 0 Å². The van der Waals surface area contributed by atoms with Crippen molar-refractivity contribution in [2.24, 2.45) is 7.05 Å². The van der Waals surface area contributed by atoms with Gasteiger partial charge in [0.05, 0.1) is 18.5 Å². The number of aryl methyl sites for hydroxylation is 1. The quantitative estimate of drug-likeness (QED) is 0.918. The fraction of sp³-hybridized carbons (Fsp3) is 0.333. The number of hydrogen-bond donors (Lipinski definition) is 1. The van der Waals surface area contributed by atoms with E-state index < -0.39 is 23.8 Å². The Kier molecular flexibility index (Phi) is 3.66. The summed E-state index contributed by atoms with van der Waals surface area (Å²) in [6, 6.07) is 3.02. The van der Waals surface area contributed by atoms with E-state index in [0.717, 1.165) is 12.1 Å². The highest BCUT2D eigenvalue weighted by Crippen LogP contribution is 2.33. The SMILES string of the molecule is Cn1cnc(C(=O)N2CC(O)CC2c2ccc(F)c(F)c2)c1. The maximum atomic E-state index is 13.4. The molecule has 1 aromatic heterocycles. The predicted molar refractivity (Wildman–Crippen MR) is 74.0 cm³/mol. The Balaban J connectivity index is 1.91. The van der Waals surface area contributed by atoms with E-state index in [9.17, 15) is 18.7 Å². The lowest BCUT2D eigenvalue weighted by Gasteiger charge is -2.24. The Morgan fingerprint density at radius 1 is 1.36 bits per heavy atom. The molecule has 116 valence electrons. The second-order valence-corrected chi connectivity index (χ2v) is 5.46. The number of aliphatic hydroxyl groups excluding tert-OH is 1. The van der Waals surface area contributed by atoms with Crippen LogP contribution in [0.15, 0.2) is 30.7 Å². The molecule has 7 heteroatoms. The smallest absolute Gasteiger partial charge is 0.274 e. The molecule has 5 nitrogen and oxygen atoms in total. The number of halogens is 2. The summed E-state index contributed by atoms with van der Waals surface area (Å²) in [4.78, 5) is 18.0. The van der Waals surface area contributed by atoms with Crippen molar-refractivity contribution in [3.8, 4) is 0 Å². The number of β-amino-alcohol motifs (C(OH)–C–C–N with tert-alkyl or cyclic N) is 1. The molecule has 0 aliphatic carbocycles. The molecule has 2 aromatic rings. The maximum Gasteiger partial charge on any atom is 0.274 e. The van der Waals surface area contributed by atoms with Crippen LogP contribution in [0.2, 0.25) is 0 Å². The van der Waals surface area contributed by atoms with E-state index in [1.54, 1.807) is 17.8 Å². The number of amides is 1. The molecule has 1 aliphatic heterocycles. The van der Waals surface area contributed by atoms with Gasteiger partial charge in [0.25, 0.3) is 5.91 Å². The third-order valence-corrected chi connectivity index (χ3v) is 3.79. The number of carbonyl (C=O) groups excluding carboxylic acids is 1. The zero-order valence-electron chi connectivity index (χ0n) is 11.9. The number of hydrogen-bond acceptors (Lipinski definition) is 3. The molecule has 0 saturated carbocycles. The van der Waals surface area contributed by atoms with E-state index in [2.05, 4.69) is 4.98 Å². The van der Waals surface area contributed by atoms with Gasteiger partial charge in [-0.15, -0.1) is 0 Å². The number of rotatable bonds is 2. The molecule has 1 amide bonds. The van der Waals surface area contributed by atoms with E-state index in [1.807, 2.05) is 0 Å². The molecule has 1 N–H and O–H groups in total. The highest BCUT2D eigenvalue weighted by Gasteiger charge is 2.36. The number of benzene rings is 1. The molecule has 2 heterocycles. The molecule has 1 fully saturated rings. The summed E-state index contributed by atoms with van der Waals surface area (Å²) in [5, 5.41) is 9.87. The molecule has 0 spiro atoms. The number of aromatic nitrogens is 2. The monoisotopic (exact) mass is 307 g/mol. The molecule has 1 aliphatic rings. The first-order valence-electron chi connectivity index (χ1n) is 6.87. The molecule has 3 rings (SSSR count). The lowest BCUT2D eigenvalue weighted by Crippen LogP contribution is -2.32. The van der Waals surface area contributed by atoms with Crippen LogP contribution in [-0.4, -0.2) is 38.1 Å². The van der Waals surface area contributed by atoms with Gasteiger partial charge in [0.15, 0.2) is 11.6 Å². The first-order chi connectivity index (χ1) is 10.5. The zero-order valence-corrected chi connectivity index (χ0v) is 11.9. The Morgan fingerprint density at radius 3 is 2.77 bits per heavy atom. The largest absolute Gasteiger partial charge is 0.391 e. The van der Waals surface area contributed by atoms with Crippen LogP contribution in [0.1, 0.15) is 28.5 Å². The van der Waals surface area contributed by atoms with Gasteiger partial charge in [0, 0.05) is 19.8 Å². The van der Waals surface area contributed by atoms with Gasteiger partial charge < -0.3 is 14.6 Å². The Labute approximate surface area is 125 Å². The van der Waals surface area contributed by atoms with Crippen molar-refractivity contribution in [3.63, 3.8) is 0 Å². The fourth-order valence-corrected chi connectivity index (χ4v) is 2.74. The average Bonchev–Trinajstić information content (AvgIpc) is 3.07. The minimum Gasteiger partial charge on any atom is -0.391 e. The number of likely N-dealkylation sites (tertiary alicyclic amines) is 1. The summed E-state index contributed by atoms with van der Waals surface area (Å²) in [7, 11) is 1.75. The normalized spacial score (nSPS) is 21.4. The summed E-state index contributed by atoms with van der Waals surface area (Å²) in [6.07, 6.45) is 2.66. The minimum atomic E-state index is -0.968. The maximum absolute atomic E-state index is 13.4. The van der Waals surface area contributed by atoms with Gasteiger partial charge in [0.1, 0.15) is 5.69 Å². The zero-order chi connectivity index (χ0) is 15.9. The molecule has 1 aromatic carbocycles. The summed E-state index contributed by atoms with van der Waals surface area (Å²) < 4.78 is 28.1. The van der Waals surface area contributed by atoms with E-state index >= 15 is 0 Å². The molecule has 0 bridgehead atoms. The van der Waals surface area contributed by atoms with Gasteiger partial charge in [-0.05, 0) is 24.1 Å². The predicted octanol–water partition coefficient (Wildman–Crippen LogP) is 1.65. The molecule has 2 atom stereocenters. The van der Waals surface area contributed by atoms with Gasteiger partial charge in [0.2, 0.25) is 0 Å². The van der Waals surface area contributed by atoms with Crippen molar-refractivity contribution >= 4 is 5.91 Å². The molecular weight excluding hydrogens is 292 g/mol. The van der Waals surface area contributed by atoms with Crippen molar-refractivity contribution < 1.29 is 18.7 Å². The van der Waals surface area contributed by atoms with E-state index in [-0.39, 0.29) is 24.6 Å². The number of carbonyl (C=O) groups is 1. The van der Waals surface area contributed by atoms with Crippen LogP contribution in [0.3, 0.4) is 0 Å². The number of aliphatic hydroxyl groups is 1. The van der Waals surface area contributed by atoms with Crippen LogP contribution < -0.4 is 0 Å². The summed E-state index contributed by atoms with van der Waals surface area (Å²) >= 11 is 0. The topological polar surface area (TPSA) is 58.4 Å². The van der Waals surface area contributed by atoms with Crippen LogP contribution >= 0.6 is 0 Å². The van der Waals surface area contributed by atoms with Gasteiger partial charge in [-0.3, -0.25) is 4.79 Å². The van der Waals surface area contributed by atoms with E-state index in [1.165, 1.54) is 17.3 Å². The fourth-order valence-electron chi connectivity index (χ4n) is 2.74. The Morgan fingerprint density at radius 2 is 2.14 bits per heavy atom. The first-order valence-corrected chi connectivity index (χ1v) is 6.87. The highest BCUT2D eigenvalue weighted by molar-refractivity contribution is 5.92. The van der Waals surface area contributed by atoms with E-state index in [0.29, 0.717) is 5.56 Å². The summed E-state index contributed by atoms with van der Waals surface area (Å²) in [5.74, 6) is -2.25. The third kappa shape index (κ3) is 2.59. The van der Waals surface area contributed by atoms with E-state index in [4.69, 9.17) is 0 Å². The van der Waals surface area contributed by atoms with Crippen molar-refractivity contribution in [1.29, 1.82) is 0 Å². The molecular formula is C15H15F2N3O2. The lowest BCUT2D eigenvalue weighted by atomic mass is 10.0. The Hall–Kier alpha value is -2.28. The van der Waals surface area contributed by atoms with Crippen LogP contribution in [0.4, 0.5) is 8.78 Å². The van der Waals surface area contributed by atoms with Gasteiger partial charge >= 0.3 is 0 Å². The van der Waals surface area contributed by atoms with Crippen molar-refractivity contribution in [2.75, 3.05) is 6.54 Å². The minimum absolute atomic E-state index is 0.138. The lowest BCUT2D eigenvalue weighted by molar-refractivity contribution is 0.0710. The van der Waals surface area contributed by atoms with Crippen molar-refractivity contribution in [3.05, 3.63) is 53.6 Å². The molecule has 1 saturated heterocycles. The van der Waals surface area contributed by atoms with Crippen LogP contribution in [-0.2, 0) is 7.05 Å².